The van der Waals surface area contributed by atoms with Gasteiger partial charge >= 0.3 is 0 Å². The molecule has 1 aromatic rings. The second-order valence-corrected chi connectivity index (χ2v) is 10.2. The van der Waals surface area contributed by atoms with Crippen LogP contribution >= 0.6 is 0 Å². The van der Waals surface area contributed by atoms with Crippen LogP contribution in [0.5, 0.6) is 0 Å². The van der Waals surface area contributed by atoms with E-state index in [0.29, 0.717) is 10.8 Å². The molecule has 2 atom stereocenters. The maximum absolute atomic E-state index is 2.93. The van der Waals surface area contributed by atoms with Gasteiger partial charge in [0, 0.05) is 25.2 Å². The molecular formula is C23H36N2. The van der Waals surface area contributed by atoms with Gasteiger partial charge < -0.3 is 4.90 Å². The lowest BCUT2D eigenvalue weighted by Crippen LogP contribution is -2.47. The summed E-state index contributed by atoms with van der Waals surface area (Å²) in [6, 6.07) is 12.7. The van der Waals surface area contributed by atoms with Crippen LogP contribution in [0.2, 0.25) is 0 Å². The minimum Gasteiger partial charge on any atom is -0.303 e. The monoisotopic (exact) mass is 340 g/mol. The van der Waals surface area contributed by atoms with Crippen LogP contribution in [0.1, 0.15) is 58.4 Å². The molecule has 2 aliphatic heterocycles. The first kappa shape index (κ1) is 17.5. The highest BCUT2D eigenvalue weighted by Crippen LogP contribution is 2.53. The SMILES string of the molecule is CC1(C)CC2CC(C)(CN2C2CCN(CCc3ccccc3)CC2)C1. The minimum atomic E-state index is 0.544. The first-order chi connectivity index (χ1) is 11.9. The number of likely N-dealkylation sites (tertiary alicyclic amines) is 2. The molecule has 1 saturated carbocycles. The molecule has 2 heteroatoms. The number of rotatable bonds is 4. The largest absolute Gasteiger partial charge is 0.303 e. The van der Waals surface area contributed by atoms with Crippen LogP contribution in [0.3, 0.4) is 0 Å². The second-order valence-electron chi connectivity index (χ2n) is 10.2. The maximum atomic E-state index is 2.93. The van der Waals surface area contributed by atoms with E-state index in [2.05, 4.69) is 60.9 Å². The summed E-state index contributed by atoms with van der Waals surface area (Å²) >= 11 is 0. The topological polar surface area (TPSA) is 6.48 Å². The molecule has 1 aliphatic carbocycles. The van der Waals surface area contributed by atoms with Crippen molar-refractivity contribution in [2.75, 3.05) is 26.2 Å². The molecule has 2 saturated heterocycles. The van der Waals surface area contributed by atoms with Crippen LogP contribution in [0.4, 0.5) is 0 Å². The quantitative estimate of drug-likeness (QED) is 0.791. The average molecular weight is 341 g/mol. The predicted octanol–water partition coefficient (Wildman–Crippen LogP) is 4.59. The van der Waals surface area contributed by atoms with Crippen molar-refractivity contribution in [3.05, 3.63) is 35.9 Å². The van der Waals surface area contributed by atoms with Crippen molar-refractivity contribution in [2.45, 2.75) is 71.4 Å². The van der Waals surface area contributed by atoms with Crippen molar-refractivity contribution in [3.8, 4) is 0 Å². The third kappa shape index (κ3) is 3.95. The fourth-order valence-electron chi connectivity index (χ4n) is 6.34. The zero-order valence-electron chi connectivity index (χ0n) is 16.5. The Hall–Kier alpha value is -0.860. The fourth-order valence-corrected chi connectivity index (χ4v) is 6.34. The lowest BCUT2D eigenvalue weighted by atomic mass is 9.65. The van der Waals surface area contributed by atoms with E-state index in [-0.39, 0.29) is 0 Å². The van der Waals surface area contributed by atoms with Gasteiger partial charge in [0.2, 0.25) is 0 Å². The van der Waals surface area contributed by atoms with Gasteiger partial charge in [0.1, 0.15) is 0 Å². The highest BCUT2D eigenvalue weighted by Gasteiger charge is 2.51. The molecule has 0 spiro atoms. The third-order valence-electron chi connectivity index (χ3n) is 7.04. The normalized spacial score (nSPS) is 33.6. The van der Waals surface area contributed by atoms with Gasteiger partial charge in [-0.25, -0.2) is 0 Å². The molecule has 3 aliphatic rings. The number of nitrogens with zero attached hydrogens (tertiary/aromatic N) is 2. The van der Waals surface area contributed by atoms with Crippen molar-refractivity contribution in [1.29, 1.82) is 0 Å². The molecule has 0 N–H and O–H groups in total. The average Bonchev–Trinajstić information content (AvgIpc) is 2.83. The van der Waals surface area contributed by atoms with Crippen LogP contribution in [0.25, 0.3) is 0 Å². The van der Waals surface area contributed by atoms with Gasteiger partial charge in [0.15, 0.2) is 0 Å². The molecule has 0 aromatic heterocycles. The number of benzene rings is 1. The van der Waals surface area contributed by atoms with Gasteiger partial charge in [-0.05, 0) is 68.0 Å². The van der Waals surface area contributed by atoms with E-state index in [0.717, 1.165) is 12.1 Å². The highest BCUT2D eigenvalue weighted by atomic mass is 15.3. The molecule has 0 radical (unpaired) electrons. The molecule has 25 heavy (non-hydrogen) atoms. The molecule has 0 amide bonds. The molecule has 1 aromatic carbocycles. The van der Waals surface area contributed by atoms with Crippen molar-refractivity contribution >= 4 is 0 Å². The van der Waals surface area contributed by atoms with Crippen LogP contribution < -0.4 is 0 Å². The zero-order valence-corrected chi connectivity index (χ0v) is 16.5. The summed E-state index contributed by atoms with van der Waals surface area (Å²) in [7, 11) is 0. The fraction of sp³-hybridized carbons (Fsp3) is 0.739. The Kier molecular flexibility index (Phi) is 4.70. The Morgan fingerprint density at radius 1 is 0.960 bits per heavy atom. The summed E-state index contributed by atoms with van der Waals surface area (Å²) in [5.74, 6) is 0. The third-order valence-corrected chi connectivity index (χ3v) is 7.04. The van der Waals surface area contributed by atoms with E-state index < -0.39 is 0 Å². The van der Waals surface area contributed by atoms with Gasteiger partial charge in [-0.1, -0.05) is 51.1 Å². The molecule has 2 nitrogen and oxygen atoms in total. The maximum Gasteiger partial charge on any atom is 0.0123 e. The number of hydrogen-bond donors (Lipinski definition) is 0. The molecule has 2 unspecified atom stereocenters. The molecule has 4 rings (SSSR count). The Morgan fingerprint density at radius 2 is 1.68 bits per heavy atom. The molecule has 2 heterocycles. The van der Waals surface area contributed by atoms with E-state index in [1.54, 1.807) is 0 Å². The minimum absolute atomic E-state index is 0.544. The smallest absolute Gasteiger partial charge is 0.0123 e. The van der Waals surface area contributed by atoms with Gasteiger partial charge in [0.05, 0.1) is 0 Å². The summed E-state index contributed by atoms with van der Waals surface area (Å²) in [5.41, 5.74) is 2.60. The van der Waals surface area contributed by atoms with Gasteiger partial charge in [0.25, 0.3) is 0 Å². The summed E-state index contributed by atoms with van der Waals surface area (Å²) in [6.45, 7) is 12.7. The second kappa shape index (κ2) is 6.70. The predicted molar refractivity (Wildman–Crippen MR) is 106 cm³/mol. The van der Waals surface area contributed by atoms with Crippen molar-refractivity contribution < 1.29 is 0 Å². The standard InChI is InChI=1S/C23H36N2/c1-22(2)15-21-16-23(3,17-22)18-25(21)20-10-13-24(14-11-20)12-9-19-7-5-4-6-8-19/h4-8,20-21H,9-18H2,1-3H3. The van der Waals surface area contributed by atoms with E-state index in [4.69, 9.17) is 0 Å². The molecule has 2 bridgehead atoms. The van der Waals surface area contributed by atoms with Gasteiger partial charge in [-0.2, -0.15) is 0 Å². The van der Waals surface area contributed by atoms with Gasteiger partial charge in [-0.15, -0.1) is 0 Å². The molecule has 3 fully saturated rings. The summed E-state index contributed by atoms with van der Waals surface area (Å²) in [5, 5.41) is 0. The molecular weight excluding hydrogens is 304 g/mol. The van der Waals surface area contributed by atoms with Crippen LogP contribution in [0, 0.1) is 10.8 Å². The van der Waals surface area contributed by atoms with Crippen molar-refractivity contribution in [3.63, 3.8) is 0 Å². The summed E-state index contributed by atoms with van der Waals surface area (Å²) in [6.07, 6.45) is 8.23. The lowest BCUT2D eigenvalue weighted by molar-refractivity contribution is 0.0834. The highest BCUT2D eigenvalue weighted by molar-refractivity contribution is 5.15. The first-order valence-corrected chi connectivity index (χ1v) is 10.4. The Morgan fingerprint density at radius 3 is 2.40 bits per heavy atom. The van der Waals surface area contributed by atoms with E-state index in [1.165, 1.54) is 70.3 Å². The van der Waals surface area contributed by atoms with E-state index in [1.807, 2.05) is 0 Å². The van der Waals surface area contributed by atoms with Crippen LogP contribution in [0.15, 0.2) is 30.3 Å². The van der Waals surface area contributed by atoms with Gasteiger partial charge in [-0.3, -0.25) is 4.90 Å². The Balaban J connectivity index is 1.29. The van der Waals surface area contributed by atoms with Crippen molar-refractivity contribution in [2.24, 2.45) is 10.8 Å². The van der Waals surface area contributed by atoms with Crippen molar-refractivity contribution in [1.82, 2.24) is 9.80 Å². The lowest BCUT2D eigenvalue weighted by Gasteiger charge is -2.42. The first-order valence-electron chi connectivity index (χ1n) is 10.4. The summed E-state index contributed by atoms with van der Waals surface area (Å²) in [4.78, 5) is 5.63. The Labute approximate surface area is 154 Å². The number of piperidine rings is 1. The van der Waals surface area contributed by atoms with E-state index in [9.17, 15) is 0 Å². The summed E-state index contributed by atoms with van der Waals surface area (Å²) < 4.78 is 0. The van der Waals surface area contributed by atoms with Crippen LogP contribution in [-0.2, 0) is 6.42 Å². The van der Waals surface area contributed by atoms with Crippen LogP contribution in [-0.4, -0.2) is 48.1 Å². The Bertz CT molecular complexity index is 573. The number of fused-ring (bicyclic) bond motifs is 2. The number of hydrogen-bond acceptors (Lipinski definition) is 2. The van der Waals surface area contributed by atoms with E-state index >= 15 is 0 Å². The zero-order chi connectivity index (χ0) is 17.5. The molecule has 138 valence electrons.